The lowest BCUT2D eigenvalue weighted by atomic mass is 10.1. The maximum Gasteiger partial charge on any atom is 0.291 e. The lowest BCUT2D eigenvalue weighted by molar-refractivity contribution is 0.0945. The van der Waals surface area contributed by atoms with E-state index in [4.69, 9.17) is 11.6 Å². The first-order valence-corrected chi connectivity index (χ1v) is 9.23. The maximum absolute atomic E-state index is 12.4. The number of benzene rings is 2. The largest absolute Gasteiger partial charge is 0.322 e. The standard InChI is InChI=1S/C21H20ClN5O2/c1-13-7-9-15(10-8-13)20(28)24-17-6-4-5-16(11-17)14(2)25-26-21(29)19-18(22)12-23-27(19)3/h4-12H,1-3H3,(H,24,28)(H,26,29)/b25-14-. The molecule has 2 N–H and O–H groups in total. The van der Waals surface area contributed by atoms with Gasteiger partial charge in [-0.1, -0.05) is 41.4 Å². The quantitative estimate of drug-likeness (QED) is 0.496. The Balaban J connectivity index is 1.71. The van der Waals surface area contributed by atoms with E-state index in [0.717, 1.165) is 11.1 Å². The highest BCUT2D eigenvalue weighted by atomic mass is 35.5. The molecule has 1 aromatic heterocycles. The summed E-state index contributed by atoms with van der Waals surface area (Å²) in [5, 5.41) is 11.2. The molecule has 2 aromatic carbocycles. The Labute approximate surface area is 173 Å². The zero-order chi connectivity index (χ0) is 21.0. The Kier molecular flexibility index (Phi) is 6.09. The molecule has 29 heavy (non-hydrogen) atoms. The zero-order valence-corrected chi connectivity index (χ0v) is 17.0. The molecule has 7 nitrogen and oxygen atoms in total. The zero-order valence-electron chi connectivity index (χ0n) is 16.2. The van der Waals surface area contributed by atoms with Gasteiger partial charge in [0.25, 0.3) is 11.8 Å². The minimum absolute atomic E-state index is 0.198. The van der Waals surface area contributed by atoms with Crippen molar-refractivity contribution in [3.05, 3.63) is 82.1 Å². The summed E-state index contributed by atoms with van der Waals surface area (Å²) in [4.78, 5) is 24.7. The number of hydrogen-bond acceptors (Lipinski definition) is 4. The molecule has 0 radical (unpaired) electrons. The molecule has 0 spiro atoms. The number of nitrogens with zero attached hydrogens (tertiary/aromatic N) is 3. The third kappa shape index (κ3) is 4.89. The van der Waals surface area contributed by atoms with Crippen LogP contribution in [0, 0.1) is 6.92 Å². The molecule has 0 aliphatic heterocycles. The number of amides is 2. The molecule has 3 rings (SSSR count). The van der Waals surface area contributed by atoms with E-state index in [2.05, 4.69) is 20.9 Å². The fourth-order valence-corrected chi connectivity index (χ4v) is 2.90. The second-order valence-corrected chi connectivity index (χ2v) is 6.91. The van der Waals surface area contributed by atoms with Crippen molar-refractivity contribution >= 4 is 34.8 Å². The van der Waals surface area contributed by atoms with Crippen molar-refractivity contribution in [2.45, 2.75) is 13.8 Å². The van der Waals surface area contributed by atoms with Crippen LogP contribution in [-0.4, -0.2) is 27.3 Å². The monoisotopic (exact) mass is 409 g/mol. The van der Waals surface area contributed by atoms with Gasteiger partial charge in [-0.15, -0.1) is 0 Å². The maximum atomic E-state index is 12.4. The average Bonchev–Trinajstić information content (AvgIpc) is 3.04. The molecule has 148 valence electrons. The number of anilines is 1. The highest BCUT2D eigenvalue weighted by Gasteiger charge is 2.15. The van der Waals surface area contributed by atoms with Crippen LogP contribution in [0.4, 0.5) is 5.69 Å². The minimum Gasteiger partial charge on any atom is -0.322 e. The van der Waals surface area contributed by atoms with E-state index < -0.39 is 5.91 Å². The highest BCUT2D eigenvalue weighted by molar-refractivity contribution is 6.33. The van der Waals surface area contributed by atoms with E-state index in [1.54, 1.807) is 44.3 Å². The van der Waals surface area contributed by atoms with Crippen molar-refractivity contribution in [1.82, 2.24) is 15.2 Å². The Morgan fingerprint density at radius 2 is 1.79 bits per heavy atom. The van der Waals surface area contributed by atoms with Crippen LogP contribution < -0.4 is 10.7 Å². The number of carbonyl (C=O) groups excluding carboxylic acids is 2. The molecule has 0 bridgehead atoms. The molecule has 8 heteroatoms. The molecule has 1 heterocycles. The van der Waals surface area contributed by atoms with Crippen LogP contribution in [0.2, 0.25) is 5.02 Å². The van der Waals surface area contributed by atoms with Gasteiger partial charge < -0.3 is 5.32 Å². The van der Waals surface area contributed by atoms with Gasteiger partial charge in [0, 0.05) is 18.3 Å². The van der Waals surface area contributed by atoms with Gasteiger partial charge >= 0.3 is 0 Å². The summed E-state index contributed by atoms with van der Waals surface area (Å²) in [6, 6.07) is 14.5. The number of hydrogen-bond donors (Lipinski definition) is 2. The number of rotatable bonds is 5. The summed E-state index contributed by atoms with van der Waals surface area (Å²) < 4.78 is 1.38. The van der Waals surface area contributed by atoms with Gasteiger partial charge in [0.1, 0.15) is 5.69 Å². The van der Waals surface area contributed by atoms with Crippen molar-refractivity contribution in [2.75, 3.05) is 5.32 Å². The summed E-state index contributed by atoms with van der Waals surface area (Å²) in [6.45, 7) is 3.72. The number of nitrogens with one attached hydrogen (secondary N) is 2. The van der Waals surface area contributed by atoms with Crippen molar-refractivity contribution < 1.29 is 9.59 Å². The van der Waals surface area contributed by atoms with Crippen LogP contribution in [0.15, 0.2) is 59.8 Å². The van der Waals surface area contributed by atoms with Gasteiger partial charge in [-0.3, -0.25) is 14.3 Å². The van der Waals surface area contributed by atoms with Gasteiger partial charge in [0.15, 0.2) is 0 Å². The summed E-state index contributed by atoms with van der Waals surface area (Å²) in [5.74, 6) is -0.658. The normalized spacial score (nSPS) is 11.2. The van der Waals surface area contributed by atoms with E-state index >= 15 is 0 Å². The first-order valence-electron chi connectivity index (χ1n) is 8.85. The van der Waals surface area contributed by atoms with E-state index in [9.17, 15) is 9.59 Å². The third-order valence-electron chi connectivity index (χ3n) is 4.29. The van der Waals surface area contributed by atoms with Crippen LogP contribution in [0.1, 0.15) is 38.9 Å². The smallest absolute Gasteiger partial charge is 0.291 e. The minimum atomic E-state index is -0.460. The molecule has 0 saturated heterocycles. The van der Waals surface area contributed by atoms with Gasteiger partial charge in [-0.25, -0.2) is 5.43 Å². The number of aryl methyl sites for hydroxylation is 2. The van der Waals surface area contributed by atoms with Crippen LogP contribution in [0.3, 0.4) is 0 Å². The van der Waals surface area contributed by atoms with Crippen molar-refractivity contribution in [2.24, 2.45) is 12.1 Å². The van der Waals surface area contributed by atoms with Crippen molar-refractivity contribution in [3.8, 4) is 0 Å². The topological polar surface area (TPSA) is 88.4 Å². The summed E-state index contributed by atoms with van der Waals surface area (Å²) in [7, 11) is 1.62. The number of carbonyl (C=O) groups is 2. The molecule has 0 saturated carbocycles. The fraction of sp³-hybridized carbons (Fsp3) is 0.143. The van der Waals surface area contributed by atoms with Gasteiger partial charge in [0.2, 0.25) is 0 Å². The molecule has 0 fully saturated rings. The van der Waals surface area contributed by atoms with Crippen LogP contribution in [0.25, 0.3) is 0 Å². The molecular formula is C21H20ClN5O2. The van der Waals surface area contributed by atoms with E-state index in [1.807, 2.05) is 25.1 Å². The molecule has 2 amide bonds. The lowest BCUT2D eigenvalue weighted by Gasteiger charge is -2.08. The Morgan fingerprint density at radius 1 is 1.07 bits per heavy atom. The number of aromatic nitrogens is 2. The molecule has 0 aliphatic carbocycles. The van der Waals surface area contributed by atoms with E-state index in [0.29, 0.717) is 17.0 Å². The fourth-order valence-electron chi connectivity index (χ4n) is 2.65. The number of halogens is 1. The molecule has 0 aliphatic rings. The Morgan fingerprint density at radius 3 is 2.45 bits per heavy atom. The molecule has 0 unspecified atom stereocenters. The summed E-state index contributed by atoms with van der Waals surface area (Å²) >= 11 is 5.97. The van der Waals surface area contributed by atoms with E-state index in [-0.39, 0.29) is 16.6 Å². The van der Waals surface area contributed by atoms with Crippen molar-refractivity contribution in [1.29, 1.82) is 0 Å². The van der Waals surface area contributed by atoms with Crippen LogP contribution in [-0.2, 0) is 7.05 Å². The number of hydrazone groups is 1. The molecular weight excluding hydrogens is 390 g/mol. The predicted octanol–water partition coefficient (Wildman–Crippen LogP) is 3.79. The Bertz CT molecular complexity index is 1070. The predicted molar refractivity (Wildman–Crippen MR) is 113 cm³/mol. The first kappa shape index (κ1) is 20.3. The Hall–Kier alpha value is -3.45. The molecule has 0 atom stereocenters. The van der Waals surface area contributed by atoms with Crippen molar-refractivity contribution in [3.63, 3.8) is 0 Å². The third-order valence-corrected chi connectivity index (χ3v) is 4.56. The van der Waals surface area contributed by atoms with E-state index in [1.165, 1.54) is 10.9 Å². The first-order chi connectivity index (χ1) is 13.8. The second-order valence-electron chi connectivity index (χ2n) is 6.50. The van der Waals surface area contributed by atoms with Gasteiger partial charge in [-0.2, -0.15) is 10.2 Å². The van der Waals surface area contributed by atoms with Gasteiger partial charge in [0.05, 0.1) is 16.9 Å². The highest BCUT2D eigenvalue weighted by Crippen LogP contribution is 2.15. The van der Waals surface area contributed by atoms with Crippen LogP contribution >= 0.6 is 11.6 Å². The molecule has 3 aromatic rings. The SMILES string of the molecule is C/C(=N/NC(=O)c1c(Cl)cnn1C)c1cccc(NC(=O)c2ccc(C)cc2)c1. The lowest BCUT2D eigenvalue weighted by Crippen LogP contribution is -2.22. The van der Waals surface area contributed by atoms with Gasteiger partial charge in [-0.05, 0) is 43.7 Å². The second kappa shape index (κ2) is 8.70. The summed E-state index contributed by atoms with van der Waals surface area (Å²) in [6.07, 6.45) is 1.40. The average molecular weight is 410 g/mol. The summed E-state index contributed by atoms with van der Waals surface area (Å²) in [5.41, 5.74) is 6.31. The van der Waals surface area contributed by atoms with Crippen LogP contribution in [0.5, 0.6) is 0 Å².